The van der Waals surface area contributed by atoms with Gasteiger partial charge in [0, 0.05) is 11.3 Å². The number of halogens is 3. The lowest BCUT2D eigenvalue weighted by molar-refractivity contribution is -0.274. The second-order valence-corrected chi connectivity index (χ2v) is 5.64. The van der Waals surface area contributed by atoms with Crippen LogP contribution in [0.3, 0.4) is 0 Å². The molecule has 0 aliphatic heterocycles. The van der Waals surface area contributed by atoms with Gasteiger partial charge in [-0.1, -0.05) is 6.07 Å². The molecular weight excluding hydrogens is 363 g/mol. The Morgan fingerprint density at radius 3 is 2.44 bits per heavy atom. The third-order valence-corrected chi connectivity index (χ3v) is 3.42. The first-order valence-corrected chi connectivity index (χ1v) is 7.74. The molecule has 0 aliphatic rings. The van der Waals surface area contributed by atoms with Crippen LogP contribution in [0.2, 0.25) is 0 Å². The van der Waals surface area contributed by atoms with Crippen LogP contribution < -0.4 is 10.1 Å². The van der Waals surface area contributed by atoms with Gasteiger partial charge in [-0.05, 0) is 38.1 Å². The molecule has 0 spiro atoms. The minimum absolute atomic E-state index is 0.000581. The Hall–Kier alpha value is -3.43. The Labute approximate surface area is 151 Å². The summed E-state index contributed by atoms with van der Waals surface area (Å²) in [6.07, 6.45) is -2.07. The highest BCUT2D eigenvalue weighted by Crippen LogP contribution is 2.23. The first kappa shape index (κ1) is 18.4. The molecule has 2 aromatic heterocycles. The number of benzene rings is 1. The summed E-state index contributed by atoms with van der Waals surface area (Å²) in [5.41, 5.74) is 1.95. The number of hydrogen-bond acceptors (Lipinski definition) is 5. The van der Waals surface area contributed by atoms with Gasteiger partial charge in [0.25, 0.3) is 11.9 Å². The number of carbonyl (C=O) groups excluding carboxylic acids is 1. The Balaban J connectivity index is 1.73. The molecule has 3 aromatic rings. The van der Waals surface area contributed by atoms with Crippen molar-refractivity contribution >= 4 is 11.6 Å². The number of anilines is 1. The number of aryl methyl sites for hydroxylation is 2. The molecule has 0 fully saturated rings. The van der Waals surface area contributed by atoms with E-state index < -0.39 is 18.0 Å². The molecule has 1 aromatic carbocycles. The zero-order valence-electron chi connectivity index (χ0n) is 14.3. The fourth-order valence-electron chi connectivity index (χ4n) is 2.36. The summed E-state index contributed by atoms with van der Waals surface area (Å²) < 4.78 is 42.2. The number of hydrogen-bond donors (Lipinski definition) is 1. The predicted molar refractivity (Wildman–Crippen MR) is 89.7 cm³/mol. The molecule has 0 radical (unpaired) electrons. The second-order valence-electron chi connectivity index (χ2n) is 5.64. The molecule has 0 unspecified atom stereocenters. The summed E-state index contributed by atoms with van der Waals surface area (Å²) in [5, 5.41) is 6.77. The number of aromatic nitrogens is 4. The quantitative estimate of drug-likeness (QED) is 0.753. The van der Waals surface area contributed by atoms with Gasteiger partial charge in [0.1, 0.15) is 5.75 Å². The van der Waals surface area contributed by atoms with E-state index in [0.717, 1.165) is 23.5 Å². The number of carbonyl (C=O) groups is 1. The molecule has 0 saturated carbocycles. The van der Waals surface area contributed by atoms with E-state index in [0.29, 0.717) is 5.95 Å². The van der Waals surface area contributed by atoms with Gasteiger partial charge in [0.05, 0.1) is 23.8 Å². The molecule has 140 valence electrons. The smallest absolute Gasteiger partial charge is 0.406 e. The lowest BCUT2D eigenvalue weighted by Crippen LogP contribution is -2.18. The van der Waals surface area contributed by atoms with Crippen LogP contribution in [0.1, 0.15) is 21.7 Å². The predicted octanol–water partition coefficient (Wildman–Crippen LogP) is 3.43. The average molecular weight is 377 g/mol. The maximum atomic E-state index is 12.3. The van der Waals surface area contributed by atoms with Gasteiger partial charge < -0.3 is 10.1 Å². The highest BCUT2D eigenvalue weighted by Gasteiger charge is 2.31. The Bertz CT molecular complexity index is 967. The van der Waals surface area contributed by atoms with Crippen LogP contribution in [0.5, 0.6) is 5.75 Å². The summed E-state index contributed by atoms with van der Waals surface area (Å²) in [6.45, 7) is 3.70. The van der Waals surface area contributed by atoms with Crippen molar-refractivity contribution in [3.05, 3.63) is 59.7 Å². The summed E-state index contributed by atoms with van der Waals surface area (Å²) in [5.74, 6) is -0.768. The van der Waals surface area contributed by atoms with E-state index in [1.165, 1.54) is 24.5 Å². The van der Waals surface area contributed by atoms with E-state index in [1.807, 2.05) is 19.9 Å². The number of amides is 1. The van der Waals surface area contributed by atoms with E-state index >= 15 is 0 Å². The van der Waals surface area contributed by atoms with Crippen molar-refractivity contribution in [1.82, 2.24) is 19.7 Å². The Morgan fingerprint density at radius 2 is 1.85 bits per heavy atom. The van der Waals surface area contributed by atoms with Crippen LogP contribution in [-0.4, -0.2) is 32.0 Å². The van der Waals surface area contributed by atoms with E-state index in [2.05, 4.69) is 25.1 Å². The molecule has 27 heavy (non-hydrogen) atoms. The zero-order valence-corrected chi connectivity index (χ0v) is 14.3. The molecule has 2 heterocycles. The number of nitrogens with zero attached hydrogens (tertiary/aromatic N) is 4. The highest BCUT2D eigenvalue weighted by molar-refractivity contribution is 6.04. The molecule has 0 saturated heterocycles. The highest BCUT2D eigenvalue weighted by atomic mass is 19.4. The fraction of sp³-hybridized carbons (Fsp3) is 0.176. The standard InChI is InChI=1S/C17H14F3N5O2/c1-10-6-11(2)25(24-10)16-21-8-13(9-22-16)23-15(26)12-4-3-5-14(7-12)27-17(18,19)20/h3-9H,1-2H3,(H,23,26). The molecule has 1 N–H and O–H groups in total. The van der Waals surface area contributed by atoms with Crippen LogP contribution in [0.4, 0.5) is 18.9 Å². The van der Waals surface area contributed by atoms with Gasteiger partial charge in [-0.15, -0.1) is 13.2 Å². The first-order chi connectivity index (χ1) is 12.7. The molecular formula is C17H14F3N5O2. The molecule has 1 amide bonds. The van der Waals surface area contributed by atoms with Gasteiger partial charge in [-0.25, -0.2) is 14.6 Å². The third-order valence-electron chi connectivity index (χ3n) is 3.42. The first-order valence-electron chi connectivity index (χ1n) is 7.74. The van der Waals surface area contributed by atoms with Gasteiger partial charge in [-0.2, -0.15) is 5.10 Å². The number of alkyl halides is 3. The molecule has 3 rings (SSSR count). The monoisotopic (exact) mass is 377 g/mol. The van der Waals surface area contributed by atoms with Crippen molar-refractivity contribution in [2.24, 2.45) is 0 Å². The van der Waals surface area contributed by atoms with Crippen molar-refractivity contribution in [1.29, 1.82) is 0 Å². The topological polar surface area (TPSA) is 81.9 Å². The van der Waals surface area contributed by atoms with Crippen LogP contribution in [0, 0.1) is 13.8 Å². The van der Waals surface area contributed by atoms with Gasteiger partial charge in [0.2, 0.25) is 0 Å². The van der Waals surface area contributed by atoms with Gasteiger partial charge >= 0.3 is 6.36 Å². The Morgan fingerprint density at radius 1 is 1.15 bits per heavy atom. The van der Waals surface area contributed by atoms with Gasteiger partial charge in [-0.3, -0.25) is 4.79 Å². The summed E-state index contributed by atoms with van der Waals surface area (Å²) in [7, 11) is 0. The van der Waals surface area contributed by atoms with Crippen molar-refractivity contribution in [2.45, 2.75) is 20.2 Å². The van der Waals surface area contributed by atoms with E-state index in [9.17, 15) is 18.0 Å². The van der Waals surface area contributed by atoms with Crippen LogP contribution in [0.25, 0.3) is 5.95 Å². The second kappa shape index (κ2) is 7.06. The average Bonchev–Trinajstić information content (AvgIpc) is 2.92. The normalized spacial score (nSPS) is 11.3. The van der Waals surface area contributed by atoms with Crippen LogP contribution in [-0.2, 0) is 0 Å². The number of rotatable bonds is 4. The van der Waals surface area contributed by atoms with E-state index in [4.69, 9.17) is 0 Å². The largest absolute Gasteiger partial charge is 0.573 e. The van der Waals surface area contributed by atoms with Crippen molar-refractivity contribution in [3.8, 4) is 11.7 Å². The summed E-state index contributed by atoms with van der Waals surface area (Å²) in [6, 6.07) is 6.63. The third kappa shape index (κ3) is 4.60. The lowest BCUT2D eigenvalue weighted by atomic mass is 10.2. The van der Waals surface area contributed by atoms with Crippen molar-refractivity contribution < 1.29 is 22.7 Å². The summed E-state index contributed by atoms with van der Waals surface area (Å²) in [4.78, 5) is 20.5. The minimum atomic E-state index is -4.83. The van der Waals surface area contributed by atoms with Gasteiger partial charge in [0.15, 0.2) is 0 Å². The molecule has 0 aliphatic carbocycles. The molecule has 10 heteroatoms. The molecule has 7 nitrogen and oxygen atoms in total. The lowest BCUT2D eigenvalue weighted by Gasteiger charge is -2.10. The van der Waals surface area contributed by atoms with E-state index in [1.54, 1.807) is 4.68 Å². The zero-order chi connectivity index (χ0) is 19.6. The van der Waals surface area contributed by atoms with E-state index in [-0.39, 0.29) is 11.3 Å². The molecule has 0 bridgehead atoms. The number of nitrogens with one attached hydrogen (secondary N) is 1. The van der Waals surface area contributed by atoms with Crippen molar-refractivity contribution in [2.75, 3.05) is 5.32 Å². The SMILES string of the molecule is Cc1cc(C)n(-c2ncc(NC(=O)c3cccc(OC(F)(F)F)c3)cn2)n1. The summed E-state index contributed by atoms with van der Waals surface area (Å²) >= 11 is 0. The maximum absolute atomic E-state index is 12.3. The van der Waals surface area contributed by atoms with Crippen LogP contribution >= 0.6 is 0 Å². The minimum Gasteiger partial charge on any atom is -0.406 e. The Kier molecular flexibility index (Phi) is 4.80. The van der Waals surface area contributed by atoms with Crippen molar-refractivity contribution in [3.63, 3.8) is 0 Å². The number of ether oxygens (including phenoxy) is 1. The maximum Gasteiger partial charge on any atom is 0.573 e. The van der Waals surface area contributed by atoms with Crippen LogP contribution in [0.15, 0.2) is 42.7 Å². The molecule has 0 atom stereocenters. The fourth-order valence-corrected chi connectivity index (χ4v) is 2.36.